The molecule has 3 heteroatoms. The predicted molar refractivity (Wildman–Crippen MR) is 54.2 cm³/mol. The molecule has 0 atom stereocenters. The van der Waals surface area contributed by atoms with Gasteiger partial charge in [0.2, 0.25) is 0 Å². The van der Waals surface area contributed by atoms with Gasteiger partial charge in [0.15, 0.2) is 0 Å². The zero-order valence-electron chi connectivity index (χ0n) is 8.73. The lowest BCUT2D eigenvalue weighted by Crippen LogP contribution is -2.36. The second-order valence-electron chi connectivity index (χ2n) is 4.62. The first kappa shape index (κ1) is 10.4. The van der Waals surface area contributed by atoms with Crippen LogP contribution in [-0.4, -0.2) is 31.5 Å². The normalized spacial score (nSPS) is 28.1. The third-order valence-corrected chi connectivity index (χ3v) is 3.36. The molecule has 1 aliphatic carbocycles. The minimum absolute atomic E-state index is 0.296. The molecule has 2 rings (SSSR count). The summed E-state index contributed by atoms with van der Waals surface area (Å²) in [4.78, 5) is 0. The van der Waals surface area contributed by atoms with Crippen LogP contribution < -0.4 is 5.32 Å². The Balaban J connectivity index is 1.70. The fraction of sp³-hybridized carbons (Fsp3) is 1.00. The molecule has 1 aliphatic heterocycles. The maximum Gasteiger partial charge on any atom is 0.134 e. The summed E-state index contributed by atoms with van der Waals surface area (Å²) < 4.78 is 19.6. The minimum Gasteiger partial charge on any atom is -0.375 e. The number of alkyl halides is 1. The molecule has 2 aliphatic rings. The molecule has 0 amide bonds. The lowest BCUT2D eigenvalue weighted by molar-refractivity contribution is -0.0353. The van der Waals surface area contributed by atoms with Crippen LogP contribution in [0.2, 0.25) is 0 Å². The van der Waals surface area contributed by atoms with Crippen LogP contribution in [0.15, 0.2) is 0 Å². The van der Waals surface area contributed by atoms with Gasteiger partial charge in [-0.1, -0.05) is 12.8 Å². The quantitative estimate of drug-likeness (QED) is 0.754. The molecule has 0 unspecified atom stereocenters. The maximum atomic E-state index is 13.9. The van der Waals surface area contributed by atoms with E-state index >= 15 is 0 Å². The van der Waals surface area contributed by atoms with Crippen LogP contribution >= 0.6 is 0 Å². The summed E-state index contributed by atoms with van der Waals surface area (Å²) in [5.41, 5.74) is -0.995. The molecule has 14 heavy (non-hydrogen) atoms. The largest absolute Gasteiger partial charge is 0.375 e. The molecule has 1 N–H and O–H groups in total. The maximum absolute atomic E-state index is 13.9. The Hall–Kier alpha value is -0.150. The predicted octanol–water partition coefficient (Wildman–Crippen LogP) is 2.04. The number of hydrogen-bond acceptors (Lipinski definition) is 2. The van der Waals surface area contributed by atoms with Crippen LogP contribution in [0.4, 0.5) is 4.39 Å². The van der Waals surface area contributed by atoms with Crippen molar-refractivity contribution in [3.05, 3.63) is 0 Å². The monoisotopic (exact) mass is 201 g/mol. The van der Waals surface area contributed by atoms with Crippen molar-refractivity contribution < 1.29 is 9.13 Å². The van der Waals surface area contributed by atoms with E-state index in [0.717, 1.165) is 38.8 Å². The highest BCUT2D eigenvalue weighted by Gasteiger charge is 2.34. The average molecular weight is 201 g/mol. The standard InChI is InChI=1S/C11H20FNO/c12-11(5-1-2-6-11)9-14-10-3-7-13-8-4-10/h10,13H,1-9H2. The first-order valence-electron chi connectivity index (χ1n) is 5.80. The van der Waals surface area contributed by atoms with Crippen LogP contribution in [0.1, 0.15) is 38.5 Å². The molecule has 0 bridgehead atoms. The fourth-order valence-corrected chi connectivity index (χ4v) is 2.38. The molecule has 1 heterocycles. The lowest BCUT2D eigenvalue weighted by atomic mass is 10.1. The molecule has 1 saturated carbocycles. The van der Waals surface area contributed by atoms with Crippen molar-refractivity contribution in [2.24, 2.45) is 0 Å². The van der Waals surface area contributed by atoms with Crippen molar-refractivity contribution in [3.63, 3.8) is 0 Å². The van der Waals surface area contributed by atoms with Gasteiger partial charge in [-0.25, -0.2) is 4.39 Å². The summed E-state index contributed by atoms with van der Waals surface area (Å²) in [7, 11) is 0. The van der Waals surface area contributed by atoms with Gasteiger partial charge in [0, 0.05) is 0 Å². The number of hydrogen-bond donors (Lipinski definition) is 1. The minimum atomic E-state index is -0.995. The van der Waals surface area contributed by atoms with Gasteiger partial charge < -0.3 is 10.1 Å². The van der Waals surface area contributed by atoms with E-state index in [1.54, 1.807) is 0 Å². The molecule has 82 valence electrons. The van der Waals surface area contributed by atoms with E-state index < -0.39 is 5.67 Å². The Bertz CT molecular complexity index is 174. The van der Waals surface area contributed by atoms with Crippen molar-refractivity contribution in [1.29, 1.82) is 0 Å². The van der Waals surface area contributed by atoms with Crippen molar-refractivity contribution in [3.8, 4) is 0 Å². The number of halogens is 1. The van der Waals surface area contributed by atoms with Crippen molar-refractivity contribution >= 4 is 0 Å². The van der Waals surface area contributed by atoms with Gasteiger partial charge in [-0.2, -0.15) is 0 Å². The molecule has 2 fully saturated rings. The highest BCUT2D eigenvalue weighted by molar-refractivity contribution is 4.85. The van der Waals surface area contributed by atoms with E-state index in [1.807, 2.05) is 0 Å². The van der Waals surface area contributed by atoms with Crippen LogP contribution in [0, 0.1) is 0 Å². The fourth-order valence-electron chi connectivity index (χ4n) is 2.38. The van der Waals surface area contributed by atoms with Crippen molar-refractivity contribution in [2.45, 2.75) is 50.3 Å². The smallest absolute Gasteiger partial charge is 0.134 e. The van der Waals surface area contributed by atoms with E-state index in [0.29, 0.717) is 25.6 Å². The van der Waals surface area contributed by atoms with Crippen LogP contribution in [0.25, 0.3) is 0 Å². The SMILES string of the molecule is FC1(COC2CCNCC2)CCCC1. The molecule has 2 nitrogen and oxygen atoms in total. The summed E-state index contributed by atoms with van der Waals surface area (Å²) in [6.07, 6.45) is 5.85. The zero-order chi connectivity index (χ0) is 9.86. The van der Waals surface area contributed by atoms with Crippen molar-refractivity contribution in [2.75, 3.05) is 19.7 Å². The highest BCUT2D eigenvalue weighted by Crippen LogP contribution is 2.34. The second kappa shape index (κ2) is 4.58. The summed E-state index contributed by atoms with van der Waals surface area (Å²) >= 11 is 0. The number of rotatable bonds is 3. The Labute approximate surface area is 85.2 Å². The molecular formula is C11H20FNO. The summed E-state index contributed by atoms with van der Waals surface area (Å²) in [5.74, 6) is 0. The zero-order valence-corrected chi connectivity index (χ0v) is 8.73. The lowest BCUT2D eigenvalue weighted by Gasteiger charge is -2.27. The second-order valence-corrected chi connectivity index (χ2v) is 4.62. The van der Waals surface area contributed by atoms with Gasteiger partial charge in [-0.05, 0) is 38.8 Å². The van der Waals surface area contributed by atoms with E-state index in [-0.39, 0.29) is 0 Å². The first-order chi connectivity index (χ1) is 6.79. The summed E-state index contributed by atoms with van der Waals surface area (Å²) in [6.45, 7) is 2.37. The van der Waals surface area contributed by atoms with Crippen LogP contribution in [-0.2, 0) is 4.74 Å². The van der Waals surface area contributed by atoms with E-state index in [2.05, 4.69) is 5.32 Å². The van der Waals surface area contributed by atoms with Gasteiger partial charge >= 0.3 is 0 Å². The summed E-state index contributed by atoms with van der Waals surface area (Å²) in [5, 5.41) is 3.28. The molecule has 1 saturated heterocycles. The summed E-state index contributed by atoms with van der Waals surface area (Å²) in [6, 6.07) is 0. The molecule has 0 aromatic heterocycles. The van der Waals surface area contributed by atoms with E-state index in [1.165, 1.54) is 0 Å². The Kier molecular flexibility index (Phi) is 3.39. The van der Waals surface area contributed by atoms with Gasteiger partial charge in [0.1, 0.15) is 5.67 Å². The Morgan fingerprint density at radius 1 is 1.21 bits per heavy atom. The van der Waals surface area contributed by atoms with E-state index in [4.69, 9.17) is 4.74 Å². The Morgan fingerprint density at radius 2 is 1.86 bits per heavy atom. The van der Waals surface area contributed by atoms with E-state index in [9.17, 15) is 4.39 Å². The molecule has 0 aromatic carbocycles. The van der Waals surface area contributed by atoms with Gasteiger partial charge in [0.05, 0.1) is 12.7 Å². The number of nitrogens with one attached hydrogen (secondary N) is 1. The third kappa shape index (κ3) is 2.67. The molecule has 0 spiro atoms. The van der Waals surface area contributed by atoms with Gasteiger partial charge in [0.25, 0.3) is 0 Å². The van der Waals surface area contributed by atoms with Gasteiger partial charge in [-0.15, -0.1) is 0 Å². The van der Waals surface area contributed by atoms with Gasteiger partial charge in [-0.3, -0.25) is 0 Å². The Morgan fingerprint density at radius 3 is 2.50 bits per heavy atom. The third-order valence-electron chi connectivity index (χ3n) is 3.36. The topological polar surface area (TPSA) is 21.3 Å². The molecule has 0 aromatic rings. The average Bonchev–Trinajstić information content (AvgIpc) is 2.65. The first-order valence-corrected chi connectivity index (χ1v) is 5.80. The molecular weight excluding hydrogens is 181 g/mol. The highest BCUT2D eigenvalue weighted by atomic mass is 19.1. The van der Waals surface area contributed by atoms with Crippen LogP contribution in [0.5, 0.6) is 0 Å². The molecule has 0 radical (unpaired) electrons. The number of piperidine rings is 1. The number of ether oxygens (including phenoxy) is 1. The van der Waals surface area contributed by atoms with Crippen LogP contribution in [0.3, 0.4) is 0 Å². The van der Waals surface area contributed by atoms with Crippen molar-refractivity contribution in [1.82, 2.24) is 5.32 Å².